The summed E-state index contributed by atoms with van der Waals surface area (Å²) in [5, 5.41) is 7.53. The Hall–Kier alpha value is -2.60. The number of para-hydroxylation sites is 1. The zero-order valence-electron chi connectivity index (χ0n) is 19.3. The molecule has 1 aliphatic heterocycles. The van der Waals surface area contributed by atoms with E-state index >= 15 is 0 Å². The van der Waals surface area contributed by atoms with Gasteiger partial charge in [0, 0.05) is 25.7 Å². The monoisotopic (exact) mass is 424 g/mol. The quantitative estimate of drug-likeness (QED) is 0.565. The van der Waals surface area contributed by atoms with Crippen LogP contribution in [-0.4, -0.2) is 47.3 Å². The molecular formula is C25H36N4O2. The second-order valence-corrected chi connectivity index (χ2v) is 8.81. The van der Waals surface area contributed by atoms with Crippen LogP contribution in [0.3, 0.4) is 0 Å². The molecule has 0 unspecified atom stereocenters. The van der Waals surface area contributed by atoms with Crippen LogP contribution >= 0.6 is 0 Å². The van der Waals surface area contributed by atoms with E-state index in [9.17, 15) is 4.79 Å². The lowest BCUT2D eigenvalue weighted by molar-refractivity contribution is 0.102. The SMILES string of the molecule is COc1ccccc1C(=O)Nc1ccnn1C1CCN(C[C@H](C)CCC=C(C)C)CC1. The van der Waals surface area contributed by atoms with Gasteiger partial charge in [0.05, 0.1) is 24.9 Å². The summed E-state index contributed by atoms with van der Waals surface area (Å²) in [6.07, 6.45) is 8.59. The van der Waals surface area contributed by atoms with Crippen LogP contribution in [0.2, 0.25) is 0 Å². The second kappa shape index (κ2) is 11.1. The molecule has 1 aromatic heterocycles. The highest BCUT2D eigenvalue weighted by molar-refractivity contribution is 6.05. The van der Waals surface area contributed by atoms with Crippen LogP contribution in [0.5, 0.6) is 5.75 Å². The summed E-state index contributed by atoms with van der Waals surface area (Å²) in [6.45, 7) is 9.97. The number of carbonyl (C=O) groups excluding carboxylic acids is 1. The molecule has 0 radical (unpaired) electrons. The van der Waals surface area contributed by atoms with Crippen LogP contribution in [0.1, 0.15) is 62.9 Å². The van der Waals surface area contributed by atoms with Gasteiger partial charge in [0.15, 0.2) is 0 Å². The molecule has 1 amide bonds. The normalized spacial score (nSPS) is 16.0. The van der Waals surface area contributed by atoms with E-state index in [0.29, 0.717) is 23.3 Å². The Kier molecular flexibility index (Phi) is 8.29. The Morgan fingerprint density at radius 3 is 2.71 bits per heavy atom. The fourth-order valence-corrected chi connectivity index (χ4v) is 4.26. The molecule has 6 heteroatoms. The number of benzene rings is 1. The predicted molar refractivity (Wildman–Crippen MR) is 126 cm³/mol. The highest BCUT2D eigenvalue weighted by Crippen LogP contribution is 2.27. The molecule has 0 saturated carbocycles. The summed E-state index contributed by atoms with van der Waals surface area (Å²) in [7, 11) is 1.58. The number of allylic oxidation sites excluding steroid dienone is 2. The number of nitrogens with zero attached hydrogens (tertiary/aromatic N) is 3. The first kappa shape index (κ1) is 23.1. The van der Waals surface area contributed by atoms with Crippen molar-refractivity contribution in [3.05, 3.63) is 53.7 Å². The Bertz CT molecular complexity index is 877. The van der Waals surface area contributed by atoms with Crippen LogP contribution in [0, 0.1) is 5.92 Å². The largest absolute Gasteiger partial charge is 0.496 e. The van der Waals surface area contributed by atoms with Gasteiger partial charge in [-0.3, -0.25) is 4.79 Å². The number of likely N-dealkylation sites (tertiary alicyclic amines) is 1. The first-order chi connectivity index (χ1) is 15.0. The van der Waals surface area contributed by atoms with E-state index in [2.05, 4.69) is 42.2 Å². The standard InChI is InChI=1S/C25H36N4O2/c1-19(2)8-7-9-20(3)18-28-16-13-21(14-17-28)29-24(12-15-26-29)27-25(30)22-10-5-6-11-23(22)31-4/h5-6,8,10-12,15,20-21H,7,9,13-14,16-18H2,1-4H3,(H,27,30)/t20-/m1/s1. The molecular weight excluding hydrogens is 388 g/mol. The number of carbonyl (C=O) groups is 1. The van der Waals surface area contributed by atoms with Gasteiger partial charge < -0.3 is 15.0 Å². The zero-order chi connectivity index (χ0) is 22.2. The smallest absolute Gasteiger partial charge is 0.260 e. The predicted octanol–water partition coefficient (Wildman–Crippen LogP) is 5.16. The van der Waals surface area contributed by atoms with Crippen LogP contribution < -0.4 is 10.1 Å². The highest BCUT2D eigenvalue weighted by atomic mass is 16.5. The van der Waals surface area contributed by atoms with E-state index in [-0.39, 0.29) is 5.91 Å². The van der Waals surface area contributed by atoms with Crippen molar-refractivity contribution in [2.45, 2.75) is 52.5 Å². The summed E-state index contributed by atoms with van der Waals surface area (Å²) in [4.78, 5) is 15.4. The van der Waals surface area contributed by atoms with Crippen molar-refractivity contribution < 1.29 is 9.53 Å². The number of amides is 1. The molecule has 2 aromatic rings. The molecule has 1 saturated heterocycles. The number of hydrogen-bond acceptors (Lipinski definition) is 4. The zero-order valence-corrected chi connectivity index (χ0v) is 19.3. The van der Waals surface area contributed by atoms with Crippen molar-refractivity contribution in [3.63, 3.8) is 0 Å². The van der Waals surface area contributed by atoms with Gasteiger partial charge in [0.2, 0.25) is 0 Å². The third-order valence-corrected chi connectivity index (χ3v) is 5.95. The maximum atomic E-state index is 12.8. The van der Waals surface area contributed by atoms with Crippen LogP contribution in [-0.2, 0) is 0 Å². The lowest BCUT2D eigenvalue weighted by atomic mass is 10.0. The molecule has 2 heterocycles. The second-order valence-electron chi connectivity index (χ2n) is 8.81. The molecule has 31 heavy (non-hydrogen) atoms. The molecule has 0 aliphatic carbocycles. The maximum absolute atomic E-state index is 12.8. The summed E-state index contributed by atoms with van der Waals surface area (Å²) in [5.74, 6) is 1.83. The molecule has 3 rings (SSSR count). The summed E-state index contributed by atoms with van der Waals surface area (Å²) in [5.41, 5.74) is 1.93. The topological polar surface area (TPSA) is 59.4 Å². The number of aromatic nitrogens is 2. The fourth-order valence-electron chi connectivity index (χ4n) is 4.26. The number of rotatable bonds is 9. The average molecular weight is 425 g/mol. The Morgan fingerprint density at radius 2 is 2.00 bits per heavy atom. The molecule has 6 nitrogen and oxygen atoms in total. The minimum Gasteiger partial charge on any atom is -0.496 e. The first-order valence-corrected chi connectivity index (χ1v) is 11.3. The summed E-state index contributed by atoms with van der Waals surface area (Å²) in [6, 6.07) is 9.43. The molecule has 0 bridgehead atoms. The first-order valence-electron chi connectivity index (χ1n) is 11.3. The molecule has 1 atom stereocenters. The van der Waals surface area contributed by atoms with Gasteiger partial charge in [-0.25, -0.2) is 4.68 Å². The number of hydrogen-bond donors (Lipinski definition) is 1. The van der Waals surface area contributed by atoms with E-state index in [0.717, 1.165) is 38.3 Å². The van der Waals surface area contributed by atoms with E-state index in [1.54, 1.807) is 25.4 Å². The van der Waals surface area contributed by atoms with Crippen molar-refractivity contribution in [2.75, 3.05) is 32.1 Å². The summed E-state index contributed by atoms with van der Waals surface area (Å²) < 4.78 is 7.29. The number of nitrogens with one attached hydrogen (secondary N) is 1. The van der Waals surface area contributed by atoms with Gasteiger partial charge in [-0.05, 0) is 57.6 Å². The Labute approximate surface area is 186 Å². The van der Waals surface area contributed by atoms with Gasteiger partial charge in [0.25, 0.3) is 5.91 Å². The number of ether oxygens (including phenoxy) is 1. The Balaban J connectivity index is 1.54. The van der Waals surface area contributed by atoms with Gasteiger partial charge in [-0.1, -0.05) is 30.7 Å². The minimum atomic E-state index is -0.179. The number of anilines is 1. The third-order valence-electron chi connectivity index (χ3n) is 5.95. The van der Waals surface area contributed by atoms with Gasteiger partial charge >= 0.3 is 0 Å². The maximum Gasteiger partial charge on any atom is 0.260 e. The number of methoxy groups -OCH3 is 1. The molecule has 1 aromatic carbocycles. The fraction of sp³-hybridized carbons (Fsp3) is 0.520. The third kappa shape index (κ3) is 6.44. The Morgan fingerprint density at radius 1 is 1.26 bits per heavy atom. The van der Waals surface area contributed by atoms with E-state index in [1.807, 2.05) is 22.9 Å². The van der Waals surface area contributed by atoms with Gasteiger partial charge in [-0.2, -0.15) is 5.10 Å². The lowest BCUT2D eigenvalue weighted by Gasteiger charge is -2.34. The highest BCUT2D eigenvalue weighted by Gasteiger charge is 2.24. The molecule has 1 N–H and O–H groups in total. The van der Waals surface area contributed by atoms with E-state index in [4.69, 9.17) is 4.74 Å². The van der Waals surface area contributed by atoms with Crippen molar-refractivity contribution in [1.29, 1.82) is 0 Å². The average Bonchev–Trinajstić information content (AvgIpc) is 3.22. The number of piperidine rings is 1. The van der Waals surface area contributed by atoms with Crippen molar-refractivity contribution in [3.8, 4) is 5.75 Å². The van der Waals surface area contributed by atoms with Crippen LogP contribution in [0.4, 0.5) is 5.82 Å². The molecule has 168 valence electrons. The lowest BCUT2D eigenvalue weighted by Crippen LogP contribution is -2.37. The van der Waals surface area contributed by atoms with Gasteiger partial charge in [-0.15, -0.1) is 0 Å². The molecule has 1 aliphatic rings. The summed E-state index contributed by atoms with van der Waals surface area (Å²) >= 11 is 0. The van der Waals surface area contributed by atoms with Crippen LogP contribution in [0.15, 0.2) is 48.2 Å². The molecule has 0 spiro atoms. The van der Waals surface area contributed by atoms with Crippen molar-refractivity contribution in [1.82, 2.24) is 14.7 Å². The van der Waals surface area contributed by atoms with Crippen molar-refractivity contribution in [2.24, 2.45) is 5.92 Å². The molecule has 1 fully saturated rings. The van der Waals surface area contributed by atoms with E-state index < -0.39 is 0 Å². The van der Waals surface area contributed by atoms with Gasteiger partial charge in [0.1, 0.15) is 11.6 Å². The van der Waals surface area contributed by atoms with E-state index in [1.165, 1.54) is 18.4 Å². The minimum absolute atomic E-state index is 0.179. The van der Waals surface area contributed by atoms with Crippen LogP contribution in [0.25, 0.3) is 0 Å². The van der Waals surface area contributed by atoms with Crippen molar-refractivity contribution >= 4 is 11.7 Å².